The maximum atomic E-state index is 13.1. The third-order valence-corrected chi connectivity index (χ3v) is 11.7. The monoisotopic (exact) mass is 738 g/mol. The zero-order chi connectivity index (χ0) is 37.7. The lowest BCUT2D eigenvalue weighted by molar-refractivity contribution is -0.136. The number of methoxy groups -OCH3 is 1. The molecule has 4 aliphatic rings. The minimum atomic E-state index is -0.587. The van der Waals surface area contributed by atoms with Gasteiger partial charge >= 0.3 is 0 Å². The number of rotatable bonds is 12. The van der Waals surface area contributed by atoms with E-state index in [4.69, 9.17) is 9.47 Å². The molecule has 2 fully saturated rings. The minimum absolute atomic E-state index is 0.127. The van der Waals surface area contributed by atoms with Crippen LogP contribution in [0.5, 0.6) is 11.5 Å². The Bertz CT molecular complexity index is 2070. The van der Waals surface area contributed by atoms with Gasteiger partial charge in [0.25, 0.3) is 5.91 Å². The average Bonchev–Trinajstić information content (AvgIpc) is 3.41. The summed E-state index contributed by atoms with van der Waals surface area (Å²) in [6, 6.07) is 31.4. The van der Waals surface area contributed by atoms with Gasteiger partial charge in [0.1, 0.15) is 17.5 Å². The second-order valence-corrected chi connectivity index (χ2v) is 15.1. The third-order valence-electron chi connectivity index (χ3n) is 11.7. The molecule has 4 aromatic rings. The number of aryl methyl sites for hydroxylation is 1. The lowest BCUT2D eigenvalue weighted by atomic mass is 9.88. The molecule has 0 spiro atoms. The molecule has 284 valence electrons. The van der Waals surface area contributed by atoms with Gasteiger partial charge in [0.05, 0.1) is 13.7 Å². The number of carbonyl (C=O) groups is 3. The number of ether oxygens (including phenoxy) is 2. The number of carbonyl (C=O) groups excluding carboxylic acids is 3. The Kier molecular flexibility index (Phi) is 11.0. The van der Waals surface area contributed by atoms with E-state index in [-0.39, 0.29) is 24.1 Å². The highest BCUT2D eigenvalue weighted by atomic mass is 16.5. The Morgan fingerprint density at radius 2 is 1.51 bits per heavy atom. The van der Waals surface area contributed by atoms with Crippen LogP contribution in [0.3, 0.4) is 0 Å². The molecule has 4 aromatic carbocycles. The summed E-state index contributed by atoms with van der Waals surface area (Å²) >= 11 is 0. The van der Waals surface area contributed by atoms with Crippen molar-refractivity contribution in [3.05, 3.63) is 124 Å². The molecular weight excluding hydrogens is 689 g/mol. The number of anilines is 1. The molecule has 3 aliphatic heterocycles. The lowest BCUT2D eigenvalue weighted by Gasteiger charge is -2.36. The van der Waals surface area contributed by atoms with Gasteiger partial charge < -0.3 is 19.3 Å². The number of piperidine rings is 1. The average molecular weight is 739 g/mol. The van der Waals surface area contributed by atoms with Crippen LogP contribution in [0.4, 0.5) is 5.69 Å². The van der Waals surface area contributed by atoms with Gasteiger partial charge in [-0.05, 0) is 133 Å². The Labute approximate surface area is 323 Å². The summed E-state index contributed by atoms with van der Waals surface area (Å²) in [5, 5.41) is 2.38. The molecule has 1 atom stereocenters. The molecule has 55 heavy (non-hydrogen) atoms. The van der Waals surface area contributed by atoms with Crippen molar-refractivity contribution in [2.24, 2.45) is 0 Å². The maximum Gasteiger partial charge on any atom is 0.255 e. The van der Waals surface area contributed by atoms with E-state index in [9.17, 15) is 14.4 Å². The summed E-state index contributed by atoms with van der Waals surface area (Å²) in [7, 11) is 1.73. The summed E-state index contributed by atoms with van der Waals surface area (Å²) in [5.74, 6) is 1.04. The largest absolute Gasteiger partial charge is 0.497 e. The van der Waals surface area contributed by atoms with Crippen LogP contribution < -0.4 is 19.7 Å². The molecule has 9 nitrogen and oxygen atoms in total. The molecule has 8 rings (SSSR count). The van der Waals surface area contributed by atoms with Crippen molar-refractivity contribution in [2.45, 2.75) is 64.0 Å². The third kappa shape index (κ3) is 8.03. The molecule has 3 heterocycles. The molecule has 0 bridgehead atoms. The van der Waals surface area contributed by atoms with E-state index >= 15 is 0 Å². The van der Waals surface area contributed by atoms with Gasteiger partial charge in [-0.2, -0.15) is 0 Å². The minimum Gasteiger partial charge on any atom is -0.497 e. The molecule has 0 saturated carbocycles. The topological polar surface area (TPSA) is 91.4 Å². The van der Waals surface area contributed by atoms with Crippen LogP contribution in [-0.4, -0.2) is 80.0 Å². The van der Waals surface area contributed by atoms with Crippen LogP contribution in [0.2, 0.25) is 0 Å². The number of hydrogen-bond donors (Lipinski definition) is 1. The number of fused-ring (bicyclic) bond motifs is 2. The van der Waals surface area contributed by atoms with Crippen molar-refractivity contribution < 1.29 is 23.9 Å². The normalized spacial score (nSPS) is 18.9. The molecule has 3 amide bonds. The Balaban J connectivity index is 0.796. The maximum absolute atomic E-state index is 13.1. The first-order chi connectivity index (χ1) is 26.9. The van der Waals surface area contributed by atoms with Gasteiger partial charge in [-0.3, -0.25) is 24.6 Å². The molecule has 0 radical (unpaired) electrons. The fourth-order valence-corrected chi connectivity index (χ4v) is 8.66. The first-order valence-corrected chi connectivity index (χ1v) is 19.9. The number of benzene rings is 4. The predicted octanol–water partition coefficient (Wildman–Crippen LogP) is 7.12. The SMILES string of the molecule is COc1ccc2c(c1)CCCC(c1ccccc1)=C2c1ccc(OCCCCCN2CCN(c3ccc4c(c3)CN(C3CCC(=O)NC3=O)C4=O)CC2)cc1. The lowest BCUT2D eigenvalue weighted by Crippen LogP contribution is -2.52. The van der Waals surface area contributed by atoms with Crippen molar-refractivity contribution in [3.63, 3.8) is 0 Å². The van der Waals surface area contributed by atoms with Gasteiger partial charge in [0.2, 0.25) is 11.8 Å². The standard InChI is InChI=1S/C46H50N4O5/c1-54-38-18-20-40-34(30-38)11-8-12-39(32-9-4-2-5-10-32)44(40)33-13-16-37(17-14-33)55-28-7-3-6-23-48-24-26-49(27-25-48)36-15-19-41-35(29-36)31-50(46(41)53)42-21-22-43(51)47-45(42)52/h2,4-5,9-10,13-20,29-30,42H,3,6-8,11-12,21-28,31H2,1H3,(H,47,51,52). The first-order valence-electron chi connectivity index (χ1n) is 19.9. The molecule has 0 aromatic heterocycles. The molecule has 2 saturated heterocycles. The summed E-state index contributed by atoms with van der Waals surface area (Å²) in [6.45, 7) is 6.06. The summed E-state index contributed by atoms with van der Waals surface area (Å²) in [5.41, 5.74) is 10.5. The first kappa shape index (κ1) is 36.6. The van der Waals surface area contributed by atoms with Crippen LogP contribution in [0.1, 0.15) is 83.1 Å². The van der Waals surface area contributed by atoms with Crippen LogP contribution in [-0.2, 0) is 22.6 Å². The summed E-state index contributed by atoms with van der Waals surface area (Å²) in [6.07, 6.45) is 7.06. The van der Waals surface area contributed by atoms with E-state index in [1.165, 1.54) is 33.4 Å². The predicted molar refractivity (Wildman–Crippen MR) is 215 cm³/mol. The number of imide groups is 1. The highest BCUT2D eigenvalue weighted by Crippen LogP contribution is 2.41. The van der Waals surface area contributed by atoms with Crippen molar-refractivity contribution >= 4 is 34.6 Å². The van der Waals surface area contributed by atoms with Gasteiger partial charge in [-0.25, -0.2) is 0 Å². The van der Waals surface area contributed by atoms with Crippen molar-refractivity contribution in [1.29, 1.82) is 0 Å². The van der Waals surface area contributed by atoms with Crippen LogP contribution in [0.25, 0.3) is 11.1 Å². The van der Waals surface area contributed by atoms with E-state index in [2.05, 4.69) is 94.0 Å². The van der Waals surface area contributed by atoms with E-state index in [0.29, 0.717) is 25.1 Å². The number of allylic oxidation sites excluding steroid dienone is 1. The number of nitrogens with one attached hydrogen (secondary N) is 1. The van der Waals surface area contributed by atoms with Gasteiger partial charge in [0.15, 0.2) is 0 Å². The van der Waals surface area contributed by atoms with E-state index in [1.54, 1.807) is 12.0 Å². The van der Waals surface area contributed by atoms with Gasteiger partial charge in [0, 0.05) is 50.4 Å². The zero-order valence-electron chi connectivity index (χ0n) is 31.7. The second kappa shape index (κ2) is 16.5. The van der Waals surface area contributed by atoms with E-state index in [0.717, 1.165) is 94.0 Å². The molecular formula is C46H50N4O5. The number of piperazine rings is 1. The molecule has 9 heteroatoms. The van der Waals surface area contributed by atoms with Crippen LogP contribution in [0, 0.1) is 0 Å². The second-order valence-electron chi connectivity index (χ2n) is 15.1. The van der Waals surface area contributed by atoms with E-state index < -0.39 is 6.04 Å². The number of hydrogen-bond acceptors (Lipinski definition) is 7. The Hall–Kier alpha value is -5.41. The highest BCUT2D eigenvalue weighted by molar-refractivity contribution is 6.05. The van der Waals surface area contributed by atoms with E-state index in [1.807, 2.05) is 12.1 Å². The smallest absolute Gasteiger partial charge is 0.255 e. The summed E-state index contributed by atoms with van der Waals surface area (Å²) in [4.78, 5) is 43.7. The van der Waals surface area contributed by atoms with Crippen molar-refractivity contribution in [2.75, 3.05) is 51.3 Å². The van der Waals surface area contributed by atoms with Gasteiger partial charge in [-0.1, -0.05) is 48.5 Å². The Morgan fingerprint density at radius 3 is 2.29 bits per heavy atom. The summed E-state index contributed by atoms with van der Waals surface area (Å²) < 4.78 is 11.8. The van der Waals surface area contributed by atoms with Crippen LogP contribution >= 0.6 is 0 Å². The van der Waals surface area contributed by atoms with Crippen molar-refractivity contribution in [3.8, 4) is 11.5 Å². The number of amides is 3. The quantitative estimate of drug-likeness (QED) is 0.122. The van der Waals surface area contributed by atoms with Gasteiger partial charge in [-0.15, -0.1) is 0 Å². The molecule has 1 unspecified atom stereocenters. The fraction of sp³-hybridized carbons (Fsp3) is 0.370. The molecule has 1 aliphatic carbocycles. The number of nitrogens with zero attached hydrogens (tertiary/aromatic N) is 3. The van der Waals surface area contributed by atoms with Crippen molar-refractivity contribution in [1.82, 2.24) is 15.1 Å². The Morgan fingerprint density at radius 1 is 0.727 bits per heavy atom. The number of unbranched alkanes of at least 4 members (excludes halogenated alkanes) is 2. The van der Waals surface area contributed by atoms with Crippen LogP contribution in [0.15, 0.2) is 91.0 Å². The highest BCUT2D eigenvalue weighted by Gasteiger charge is 2.39. The zero-order valence-corrected chi connectivity index (χ0v) is 31.7. The molecule has 1 N–H and O–H groups in total. The fourth-order valence-electron chi connectivity index (χ4n) is 8.66.